The normalized spacial score (nSPS) is 28.8. The lowest BCUT2D eigenvalue weighted by Gasteiger charge is -2.45. The molecule has 2 amide bonds. The van der Waals surface area contributed by atoms with E-state index in [1.165, 1.54) is 12.8 Å². The first-order valence-electron chi connectivity index (χ1n) is 6.77. The van der Waals surface area contributed by atoms with Gasteiger partial charge in [0, 0.05) is 20.1 Å². The van der Waals surface area contributed by atoms with Gasteiger partial charge in [-0.2, -0.15) is 0 Å². The number of hydrogen-bond donors (Lipinski definition) is 2. The van der Waals surface area contributed by atoms with Crippen LogP contribution in [0.1, 0.15) is 46.0 Å². The number of hydrogen-bond acceptors (Lipinski definition) is 2. The van der Waals surface area contributed by atoms with E-state index >= 15 is 0 Å². The lowest BCUT2D eigenvalue weighted by molar-refractivity contribution is 0.0845. The third-order valence-electron chi connectivity index (χ3n) is 3.99. The van der Waals surface area contributed by atoms with E-state index in [-0.39, 0.29) is 11.6 Å². The Kier molecular flexibility index (Phi) is 5.25. The molecule has 3 N–H and O–H groups in total. The van der Waals surface area contributed by atoms with Crippen molar-refractivity contribution in [1.82, 2.24) is 10.2 Å². The summed E-state index contributed by atoms with van der Waals surface area (Å²) in [6.45, 7) is 5.61. The van der Waals surface area contributed by atoms with Gasteiger partial charge >= 0.3 is 6.03 Å². The standard InChI is InChI=1S/C13H27N3O/c1-4-8-15-12(17)16(3)13(10-14)7-5-6-11(2)9-13/h11H,4-10,14H2,1-3H3,(H,15,17). The Morgan fingerprint density at radius 3 is 2.82 bits per heavy atom. The highest BCUT2D eigenvalue weighted by molar-refractivity contribution is 5.74. The lowest BCUT2D eigenvalue weighted by Crippen LogP contribution is -2.59. The highest BCUT2D eigenvalue weighted by atomic mass is 16.2. The van der Waals surface area contributed by atoms with Gasteiger partial charge in [-0.3, -0.25) is 0 Å². The summed E-state index contributed by atoms with van der Waals surface area (Å²) in [6.07, 6.45) is 5.45. The topological polar surface area (TPSA) is 58.4 Å². The molecule has 100 valence electrons. The van der Waals surface area contributed by atoms with Gasteiger partial charge in [0.15, 0.2) is 0 Å². The average molecular weight is 241 g/mol. The molecule has 1 saturated carbocycles. The van der Waals surface area contributed by atoms with Crippen molar-refractivity contribution in [2.75, 3.05) is 20.1 Å². The fourth-order valence-corrected chi connectivity index (χ4v) is 2.83. The molecule has 0 aromatic heterocycles. The van der Waals surface area contributed by atoms with Crippen LogP contribution in [0, 0.1) is 5.92 Å². The molecule has 0 aliphatic heterocycles. The number of nitrogens with two attached hydrogens (primary N) is 1. The van der Waals surface area contributed by atoms with Crippen molar-refractivity contribution in [3.05, 3.63) is 0 Å². The molecule has 2 unspecified atom stereocenters. The van der Waals surface area contributed by atoms with Crippen LogP contribution in [0.4, 0.5) is 4.79 Å². The van der Waals surface area contributed by atoms with Crippen molar-refractivity contribution in [3.8, 4) is 0 Å². The number of amides is 2. The van der Waals surface area contributed by atoms with Gasteiger partial charge in [-0.1, -0.05) is 26.7 Å². The van der Waals surface area contributed by atoms with E-state index in [9.17, 15) is 4.79 Å². The van der Waals surface area contributed by atoms with Gasteiger partial charge in [0.25, 0.3) is 0 Å². The molecule has 4 heteroatoms. The Hall–Kier alpha value is -0.770. The fraction of sp³-hybridized carbons (Fsp3) is 0.923. The predicted octanol–water partition coefficient (Wildman–Crippen LogP) is 1.95. The molecule has 0 radical (unpaired) electrons. The third-order valence-corrected chi connectivity index (χ3v) is 3.99. The number of rotatable bonds is 4. The van der Waals surface area contributed by atoms with Crippen molar-refractivity contribution >= 4 is 6.03 Å². The first-order valence-corrected chi connectivity index (χ1v) is 6.77. The van der Waals surface area contributed by atoms with E-state index in [1.54, 1.807) is 0 Å². The molecule has 1 aliphatic carbocycles. The SMILES string of the molecule is CCCNC(=O)N(C)C1(CN)CCCC(C)C1. The van der Waals surface area contributed by atoms with E-state index < -0.39 is 0 Å². The van der Waals surface area contributed by atoms with Crippen LogP contribution in [0.25, 0.3) is 0 Å². The first kappa shape index (κ1) is 14.3. The van der Waals surface area contributed by atoms with E-state index in [4.69, 9.17) is 5.73 Å². The van der Waals surface area contributed by atoms with Crippen LogP contribution in [0.3, 0.4) is 0 Å². The smallest absolute Gasteiger partial charge is 0.317 e. The average Bonchev–Trinajstić information content (AvgIpc) is 2.34. The zero-order valence-electron chi connectivity index (χ0n) is 11.5. The summed E-state index contributed by atoms with van der Waals surface area (Å²) in [4.78, 5) is 13.9. The van der Waals surface area contributed by atoms with Crippen molar-refractivity contribution in [3.63, 3.8) is 0 Å². The van der Waals surface area contributed by atoms with E-state index in [2.05, 4.69) is 19.2 Å². The number of nitrogens with zero attached hydrogens (tertiary/aromatic N) is 1. The highest BCUT2D eigenvalue weighted by Crippen LogP contribution is 2.35. The second kappa shape index (κ2) is 6.24. The summed E-state index contributed by atoms with van der Waals surface area (Å²) < 4.78 is 0. The predicted molar refractivity (Wildman–Crippen MR) is 70.9 cm³/mol. The van der Waals surface area contributed by atoms with Crippen molar-refractivity contribution in [2.24, 2.45) is 11.7 Å². The summed E-state index contributed by atoms with van der Waals surface area (Å²) in [5.74, 6) is 0.661. The van der Waals surface area contributed by atoms with Crippen molar-refractivity contribution < 1.29 is 4.79 Å². The van der Waals surface area contributed by atoms with Gasteiger partial charge in [0.2, 0.25) is 0 Å². The zero-order valence-corrected chi connectivity index (χ0v) is 11.5. The minimum atomic E-state index is -0.129. The number of nitrogens with one attached hydrogen (secondary N) is 1. The van der Waals surface area contributed by atoms with Crippen LogP contribution >= 0.6 is 0 Å². The quantitative estimate of drug-likeness (QED) is 0.790. The first-order chi connectivity index (χ1) is 8.05. The minimum absolute atomic E-state index is 0.0198. The molecule has 1 rings (SSSR count). The van der Waals surface area contributed by atoms with Crippen LogP contribution in [0.5, 0.6) is 0 Å². The van der Waals surface area contributed by atoms with E-state index in [0.29, 0.717) is 12.5 Å². The monoisotopic (exact) mass is 241 g/mol. The Bertz CT molecular complexity index is 257. The van der Waals surface area contributed by atoms with Gasteiger partial charge in [0.05, 0.1) is 5.54 Å². The third kappa shape index (κ3) is 3.35. The molecule has 17 heavy (non-hydrogen) atoms. The summed E-state index contributed by atoms with van der Waals surface area (Å²) >= 11 is 0. The van der Waals surface area contributed by atoms with Gasteiger partial charge in [0.1, 0.15) is 0 Å². The molecule has 0 heterocycles. The van der Waals surface area contributed by atoms with Crippen LogP contribution < -0.4 is 11.1 Å². The van der Waals surface area contributed by atoms with Gasteiger partial charge < -0.3 is 16.0 Å². The molecule has 0 aromatic carbocycles. The molecular formula is C13H27N3O. The van der Waals surface area contributed by atoms with E-state index in [1.807, 2.05) is 11.9 Å². The lowest BCUT2D eigenvalue weighted by atomic mass is 9.75. The molecule has 2 atom stereocenters. The number of likely N-dealkylation sites (N-methyl/N-ethyl adjacent to an activating group) is 1. The van der Waals surface area contributed by atoms with Crippen LogP contribution in [0.2, 0.25) is 0 Å². The second-order valence-corrected chi connectivity index (χ2v) is 5.42. The molecular weight excluding hydrogens is 214 g/mol. The maximum absolute atomic E-state index is 12.0. The maximum Gasteiger partial charge on any atom is 0.317 e. The van der Waals surface area contributed by atoms with Crippen LogP contribution in [-0.2, 0) is 0 Å². The minimum Gasteiger partial charge on any atom is -0.338 e. The summed E-state index contributed by atoms with van der Waals surface area (Å²) in [5, 5.41) is 2.93. The largest absolute Gasteiger partial charge is 0.338 e. The molecule has 0 bridgehead atoms. The van der Waals surface area contributed by atoms with Crippen LogP contribution in [0.15, 0.2) is 0 Å². The Labute approximate surface area is 105 Å². The fourth-order valence-electron chi connectivity index (χ4n) is 2.83. The van der Waals surface area contributed by atoms with Gasteiger partial charge in [-0.05, 0) is 25.2 Å². The van der Waals surface area contributed by atoms with Crippen molar-refractivity contribution in [1.29, 1.82) is 0 Å². The van der Waals surface area contributed by atoms with Crippen LogP contribution in [-0.4, -0.2) is 36.6 Å². The summed E-state index contributed by atoms with van der Waals surface area (Å²) in [5.41, 5.74) is 5.82. The second-order valence-electron chi connectivity index (χ2n) is 5.42. The molecule has 0 saturated heterocycles. The molecule has 1 fully saturated rings. The summed E-state index contributed by atoms with van der Waals surface area (Å²) in [6, 6.07) is 0.0198. The zero-order chi connectivity index (χ0) is 12.9. The number of urea groups is 1. The Balaban J connectivity index is 2.67. The Morgan fingerprint density at radius 2 is 2.29 bits per heavy atom. The van der Waals surface area contributed by atoms with Gasteiger partial charge in [-0.25, -0.2) is 4.79 Å². The Morgan fingerprint density at radius 1 is 1.59 bits per heavy atom. The molecule has 0 aromatic rings. The van der Waals surface area contributed by atoms with Crippen molar-refractivity contribution in [2.45, 2.75) is 51.5 Å². The maximum atomic E-state index is 12.0. The number of carbonyl (C=O) groups excluding carboxylic acids is 1. The molecule has 0 spiro atoms. The van der Waals surface area contributed by atoms with Gasteiger partial charge in [-0.15, -0.1) is 0 Å². The molecule has 4 nitrogen and oxygen atoms in total. The highest BCUT2D eigenvalue weighted by Gasteiger charge is 2.39. The molecule has 1 aliphatic rings. The number of carbonyl (C=O) groups is 1. The van der Waals surface area contributed by atoms with E-state index in [0.717, 1.165) is 25.8 Å². The summed E-state index contributed by atoms with van der Waals surface area (Å²) in [7, 11) is 1.88.